The highest BCUT2D eigenvalue weighted by Crippen LogP contribution is 2.25. The van der Waals surface area contributed by atoms with Gasteiger partial charge in [-0.15, -0.1) is 0 Å². The van der Waals surface area contributed by atoms with E-state index in [1.807, 2.05) is 44.2 Å². The number of aryl methyl sites for hydroxylation is 1. The average molecular weight is 591 g/mol. The quantitative estimate of drug-likeness (QED) is 0.319. The van der Waals surface area contributed by atoms with Crippen LogP contribution in [0.15, 0.2) is 77.7 Å². The van der Waals surface area contributed by atoms with Gasteiger partial charge in [0.25, 0.3) is 0 Å². The Bertz CT molecular complexity index is 1380. The van der Waals surface area contributed by atoms with Crippen molar-refractivity contribution in [1.82, 2.24) is 14.5 Å². The number of carbonyl (C=O) groups excluding carboxylic acids is 2. The van der Waals surface area contributed by atoms with Crippen LogP contribution in [0.2, 0.25) is 10.0 Å². The lowest BCUT2D eigenvalue weighted by Gasteiger charge is -2.32. The number of hydrogen-bond donors (Lipinski definition) is 1. The smallest absolute Gasteiger partial charge is 0.243 e. The molecule has 0 bridgehead atoms. The van der Waals surface area contributed by atoms with Crippen LogP contribution in [0.4, 0.5) is 0 Å². The summed E-state index contributed by atoms with van der Waals surface area (Å²) in [6.45, 7) is 3.83. The Morgan fingerprint density at radius 2 is 1.59 bits per heavy atom. The molecule has 0 heterocycles. The van der Waals surface area contributed by atoms with Gasteiger partial charge in [0.2, 0.25) is 21.8 Å². The number of carbonyl (C=O) groups is 2. The van der Waals surface area contributed by atoms with Gasteiger partial charge in [0.05, 0.1) is 21.5 Å². The van der Waals surface area contributed by atoms with Gasteiger partial charge in [-0.2, -0.15) is 4.31 Å². The molecule has 0 aliphatic carbocycles. The Hall–Kier alpha value is -2.91. The minimum Gasteiger partial charge on any atom is -0.354 e. The van der Waals surface area contributed by atoms with Gasteiger partial charge < -0.3 is 10.2 Å². The van der Waals surface area contributed by atoms with E-state index in [9.17, 15) is 18.0 Å². The number of rotatable bonds is 12. The van der Waals surface area contributed by atoms with Crippen molar-refractivity contribution in [3.05, 3.63) is 99.5 Å². The number of hydrogen-bond acceptors (Lipinski definition) is 4. The lowest BCUT2D eigenvalue weighted by atomic mass is 10.0. The normalized spacial score (nSPS) is 12.3. The minimum absolute atomic E-state index is 0.0329. The second kappa shape index (κ2) is 13.9. The predicted octanol–water partition coefficient (Wildman–Crippen LogP) is 5.09. The van der Waals surface area contributed by atoms with E-state index in [1.54, 1.807) is 30.3 Å². The molecule has 0 fully saturated rings. The van der Waals surface area contributed by atoms with Crippen LogP contribution in [-0.4, -0.2) is 55.6 Å². The maximum atomic E-state index is 13.8. The highest BCUT2D eigenvalue weighted by molar-refractivity contribution is 7.89. The van der Waals surface area contributed by atoms with E-state index in [0.717, 1.165) is 21.9 Å². The first-order valence-corrected chi connectivity index (χ1v) is 14.8. The van der Waals surface area contributed by atoms with Gasteiger partial charge in [-0.3, -0.25) is 9.59 Å². The molecule has 208 valence electrons. The molecule has 3 rings (SSSR count). The van der Waals surface area contributed by atoms with Crippen molar-refractivity contribution in [3.8, 4) is 0 Å². The molecule has 39 heavy (non-hydrogen) atoms. The second-order valence-electron chi connectivity index (χ2n) is 9.34. The molecule has 3 aromatic rings. The molecule has 1 N–H and O–H groups in total. The number of nitrogens with one attached hydrogen (secondary N) is 1. The molecule has 0 unspecified atom stereocenters. The number of halogens is 2. The first kappa shape index (κ1) is 30.6. The lowest BCUT2D eigenvalue weighted by Crippen LogP contribution is -2.53. The van der Waals surface area contributed by atoms with Crippen molar-refractivity contribution in [3.63, 3.8) is 0 Å². The monoisotopic (exact) mass is 589 g/mol. The summed E-state index contributed by atoms with van der Waals surface area (Å²) in [5, 5.41) is 3.58. The number of likely N-dealkylation sites (N-methyl/N-ethyl adjacent to an activating group) is 1. The van der Waals surface area contributed by atoms with Crippen LogP contribution < -0.4 is 5.32 Å². The van der Waals surface area contributed by atoms with Gasteiger partial charge in [0, 0.05) is 26.6 Å². The summed E-state index contributed by atoms with van der Waals surface area (Å²) in [4.78, 5) is 28.7. The third-order valence-corrected chi connectivity index (χ3v) is 8.80. The number of sulfonamides is 1. The zero-order valence-corrected chi connectivity index (χ0v) is 24.6. The van der Waals surface area contributed by atoms with E-state index in [4.69, 9.17) is 23.2 Å². The molecule has 1 atom stereocenters. The predicted molar refractivity (Wildman–Crippen MR) is 155 cm³/mol. The molecule has 0 radical (unpaired) electrons. The molecule has 0 saturated carbocycles. The second-order valence-corrected chi connectivity index (χ2v) is 12.2. The molecule has 0 aliphatic rings. The van der Waals surface area contributed by atoms with Crippen molar-refractivity contribution in [2.24, 2.45) is 0 Å². The summed E-state index contributed by atoms with van der Waals surface area (Å²) in [5.74, 6) is -0.843. The number of amides is 2. The topological polar surface area (TPSA) is 86.8 Å². The van der Waals surface area contributed by atoms with Crippen LogP contribution in [0, 0.1) is 6.92 Å². The largest absolute Gasteiger partial charge is 0.354 e. The molecule has 0 spiro atoms. The fourth-order valence-electron chi connectivity index (χ4n) is 4.01. The van der Waals surface area contributed by atoms with Gasteiger partial charge in [0.15, 0.2) is 0 Å². The fraction of sp³-hybridized carbons (Fsp3) is 0.310. The first-order valence-electron chi connectivity index (χ1n) is 12.6. The molecule has 0 aliphatic heterocycles. The summed E-state index contributed by atoms with van der Waals surface area (Å²) >= 11 is 12.3. The van der Waals surface area contributed by atoms with Crippen molar-refractivity contribution in [2.45, 2.75) is 44.2 Å². The van der Waals surface area contributed by atoms with Gasteiger partial charge in [-0.25, -0.2) is 8.42 Å². The maximum absolute atomic E-state index is 13.8. The third-order valence-electron chi connectivity index (χ3n) is 6.24. The molecule has 10 heteroatoms. The Balaban J connectivity index is 1.98. The van der Waals surface area contributed by atoms with E-state index < -0.39 is 28.5 Å². The molecule has 7 nitrogen and oxygen atoms in total. The number of nitrogens with zero attached hydrogens (tertiary/aromatic N) is 2. The van der Waals surface area contributed by atoms with Crippen molar-refractivity contribution >= 4 is 45.0 Å². The van der Waals surface area contributed by atoms with Gasteiger partial charge in [-0.1, -0.05) is 84.2 Å². The van der Waals surface area contributed by atoms with Crippen LogP contribution >= 0.6 is 23.2 Å². The van der Waals surface area contributed by atoms with Gasteiger partial charge in [-0.05, 0) is 48.7 Å². The fourth-order valence-corrected chi connectivity index (χ4v) is 5.45. The third kappa shape index (κ3) is 8.29. The van der Waals surface area contributed by atoms with Crippen LogP contribution in [0.5, 0.6) is 0 Å². The van der Waals surface area contributed by atoms with E-state index >= 15 is 0 Å². The van der Waals surface area contributed by atoms with Crippen LogP contribution in [0.3, 0.4) is 0 Å². The van der Waals surface area contributed by atoms with Gasteiger partial charge >= 0.3 is 0 Å². The Labute approximate surface area is 240 Å². The lowest BCUT2D eigenvalue weighted by molar-refractivity contribution is -0.141. The standard InChI is InChI=1S/C29H33Cl2N3O4S/c1-4-16-32-29(36)27(18-22-8-6-5-7-9-22)34(19-23-12-15-25(30)26(31)17-23)28(35)20-33(3)39(37,38)24-13-10-21(2)11-14-24/h5-15,17,27H,4,16,18-20H2,1-3H3,(H,32,36)/t27-/m0/s1. The van der Waals surface area contributed by atoms with Crippen molar-refractivity contribution < 1.29 is 18.0 Å². The summed E-state index contributed by atoms with van der Waals surface area (Å²) < 4.78 is 27.4. The van der Waals surface area contributed by atoms with Crippen molar-refractivity contribution in [1.29, 1.82) is 0 Å². The maximum Gasteiger partial charge on any atom is 0.243 e. The van der Waals surface area contributed by atoms with E-state index in [2.05, 4.69) is 5.32 Å². The van der Waals surface area contributed by atoms with Crippen molar-refractivity contribution in [2.75, 3.05) is 20.1 Å². The van der Waals surface area contributed by atoms with Gasteiger partial charge in [0.1, 0.15) is 6.04 Å². The molecule has 2 amide bonds. The SMILES string of the molecule is CCCNC(=O)[C@H](Cc1ccccc1)N(Cc1ccc(Cl)c(Cl)c1)C(=O)CN(C)S(=O)(=O)c1ccc(C)cc1. The first-order chi connectivity index (χ1) is 18.5. The number of benzene rings is 3. The molecular weight excluding hydrogens is 557 g/mol. The molecule has 0 aromatic heterocycles. The summed E-state index contributed by atoms with van der Waals surface area (Å²) in [7, 11) is -2.59. The summed E-state index contributed by atoms with van der Waals surface area (Å²) in [5.41, 5.74) is 2.44. The Morgan fingerprint density at radius 3 is 2.21 bits per heavy atom. The van der Waals surface area contributed by atoms with Crippen LogP contribution in [0.1, 0.15) is 30.0 Å². The minimum atomic E-state index is -3.94. The van der Waals surface area contributed by atoms with Crippen LogP contribution in [-0.2, 0) is 32.6 Å². The average Bonchev–Trinajstić information content (AvgIpc) is 2.91. The van der Waals surface area contributed by atoms with E-state index in [0.29, 0.717) is 22.2 Å². The van der Waals surface area contributed by atoms with E-state index in [1.165, 1.54) is 24.1 Å². The van der Waals surface area contributed by atoms with Crippen LogP contribution in [0.25, 0.3) is 0 Å². The highest BCUT2D eigenvalue weighted by atomic mass is 35.5. The Morgan fingerprint density at radius 1 is 0.923 bits per heavy atom. The highest BCUT2D eigenvalue weighted by Gasteiger charge is 2.33. The summed E-state index contributed by atoms with van der Waals surface area (Å²) in [6.07, 6.45) is 0.972. The summed E-state index contributed by atoms with van der Waals surface area (Å²) in [6, 6.07) is 19.9. The molecular formula is C29H33Cl2N3O4S. The van der Waals surface area contributed by atoms with E-state index in [-0.39, 0.29) is 23.8 Å². The zero-order chi connectivity index (χ0) is 28.6. The Kier molecular flexibility index (Phi) is 10.9. The molecule has 3 aromatic carbocycles. The molecule has 0 saturated heterocycles. The zero-order valence-electron chi connectivity index (χ0n) is 22.2.